The molecule has 0 radical (unpaired) electrons. The summed E-state index contributed by atoms with van der Waals surface area (Å²) in [6, 6.07) is 7.41. The van der Waals surface area contributed by atoms with E-state index in [0.29, 0.717) is 48.4 Å². The average molecular weight is 540 g/mol. The number of nitrogens with zero attached hydrogens (tertiary/aromatic N) is 3. The second kappa shape index (κ2) is 11.6. The SMILES string of the molecule is CC(C)CCN(CCC(C)C)C(=O)c1cncn1-c1ccc(-c2cc(C(F)(F)F)cc(C(F)(F)F)c2)cc1. The molecule has 0 aliphatic carbocycles. The van der Waals surface area contributed by atoms with Crippen LogP contribution < -0.4 is 0 Å². The summed E-state index contributed by atoms with van der Waals surface area (Å²) in [5.74, 6) is 0.631. The summed E-state index contributed by atoms with van der Waals surface area (Å²) in [4.78, 5) is 19.3. The third-order valence-corrected chi connectivity index (χ3v) is 6.16. The minimum atomic E-state index is -4.93. The topological polar surface area (TPSA) is 38.1 Å². The predicted molar refractivity (Wildman–Crippen MR) is 134 cm³/mol. The van der Waals surface area contributed by atoms with Gasteiger partial charge in [-0.05, 0) is 66.1 Å². The standard InChI is InChI=1S/C28H31F6N3O/c1-18(2)9-11-36(12-10-19(3)4)26(38)25-16-35-17-37(25)24-7-5-20(6-8-24)21-13-22(27(29,30)31)15-23(14-21)28(32,33)34/h5-8,13-19H,9-12H2,1-4H3. The molecule has 1 amide bonds. The molecule has 206 valence electrons. The third-order valence-electron chi connectivity index (χ3n) is 6.16. The Hall–Kier alpha value is -3.30. The molecule has 0 saturated heterocycles. The summed E-state index contributed by atoms with van der Waals surface area (Å²) in [5, 5.41) is 0. The van der Waals surface area contributed by atoms with Gasteiger partial charge in [0.2, 0.25) is 0 Å². The predicted octanol–water partition coefficient (Wildman–Crippen LogP) is 8.11. The van der Waals surface area contributed by atoms with Crippen molar-refractivity contribution in [3.8, 4) is 16.8 Å². The van der Waals surface area contributed by atoms with Crippen LogP contribution in [0.2, 0.25) is 0 Å². The van der Waals surface area contributed by atoms with Crippen LogP contribution in [0.5, 0.6) is 0 Å². The number of hydrogen-bond acceptors (Lipinski definition) is 2. The van der Waals surface area contributed by atoms with Crippen LogP contribution in [-0.4, -0.2) is 33.4 Å². The molecule has 38 heavy (non-hydrogen) atoms. The number of halogens is 6. The largest absolute Gasteiger partial charge is 0.416 e. The normalized spacial score (nSPS) is 12.4. The summed E-state index contributed by atoms with van der Waals surface area (Å²) in [6.07, 6.45) is -5.28. The van der Waals surface area contributed by atoms with Gasteiger partial charge in [-0.3, -0.25) is 9.36 Å². The molecule has 10 heteroatoms. The van der Waals surface area contributed by atoms with Gasteiger partial charge in [-0.1, -0.05) is 39.8 Å². The van der Waals surface area contributed by atoms with E-state index < -0.39 is 23.5 Å². The number of benzene rings is 2. The summed E-state index contributed by atoms with van der Waals surface area (Å²) >= 11 is 0. The molecule has 0 aliphatic rings. The number of hydrogen-bond donors (Lipinski definition) is 0. The highest BCUT2D eigenvalue weighted by atomic mass is 19.4. The molecule has 0 spiro atoms. The lowest BCUT2D eigenvalue weighted by atomic mass is 9.99. The van der Waals surface area contributed by atoms with Crippen LogP contribution in [0, 0.1) is 11.8 Å². The molecule has 0 N–H and O–H groups in total. The van der Waals surface area contributed by atoms with Crippen LogP contribution in [0.15, 0.2) is 55.0 Å². The van der Waals surface area contributed by atoms with Crippen molar-refractivity contribution in [3.05, 3.63) is 71.8 Å². The van der Waals surface area contributed by atoms with E-state index >= 15 is 0 Å². The van der Waals surface area contributed by atoms with Gasteiger partial charge in [-0.2, -0.15) is 26.3 Å². The number of carbonyl (C=O) groups excluding carboxylic acids is 1. The van der Waals surface area contributed by atoms with E-state index in [2.05, 4.69) is 32.7 Å². The highest BCUT2D eigenvalue weighted by Gasteiger charge is 2.37. The van der Waals surface area contributed by atoms with Gasteiger partial charge >= 0.3 is 12.4 Å². The molecule has 4 nitrogen and oxygen atoms in total. The Morgan fingerprint density at radius 1 is 0.816 bits per heavy atom. The zero-order chi connectivity index (χ0) is 28.3. The van der Waals surface area contributed by atoms with E-state index in [1.165, 1.54) is 36.8 Å². The Balaban J connectivity index is 1.93. The zero-order valence-electron chi connectivity index (χ0n) is 21.7. The van der Waals surface area contributed by atoms with Crippen molar-refractivity contribution in [2.45, 2.75) is 52.9 Å². The first-order valence-electron chi connectivity index (χ1n) is 12.4. The number of alkyl halides is 6. The quantitative estimate of drug-likeness (QED) is 0.258. The first kappa shape index (κ1) is 29.3. The van der Waals surface area contributed by atoms with Gasteiger partial charge in [0.15, 0.2) is 0 Å². The number of carbonyl (C=O) groups is 1. The molecule has 1 heterocycles. The maximum absolute atomic E-state index is 13.4. The Labute approximate surface area is 218 Å². The molecule has 0 bridgehead atoms. The molecule has 3 rings (SSSR count). The van der Waals surface area contributed by atoms with E-state index in [0.717, 1.165) is 12.8 Å². The second-order valence-corrected chi connectivity index (χ2v) is 10.1. The highest BCUT2D eigenvalue weighted by molar-refractivity contribution is 5.93. The van der Waals surface area contributed by atoms with Crippen molar-refractivity contribution in [2.24, 2.45) is 11.8 Å². The summed E-state index contributed by atoms with van der Waals surface area (Å²) in [7, 11) is 0. The zero-order valence-corrected chi connectivity index (χ0v) is 21.7. The fourth-order valence-corrected chi connectivity index (χ4v) is 3.90. The lowest BCUT2D eigenvalue weighted by Crippen LogP contribution is -2.35. The van der Waals surface area contributed by atoms with E-state index in [-0.39, 0.29) is 23.1 Å². The van der Waals surface area contributed by atoms with Crippen molar-refractivity contribution in [2.75, 3.05) is 13.1 Å². The Morgan fingerprint density at radius 2 is 1.32 bits per heavy atom. The first-order valence-corrected chi connectivity index (χ1v) is 12.4. The van der Waals surface area contributed by atoms with E-state index in [9.17, 15) is 31.1 Å². The van der Waals surface area contributed by atoms with Crippen molar-refractivity contribution >= 4 is 5.91 Å². The van der Waals surface area contributed by atoms with Crippen molar-refractivity contribution in [1.82, 2.24) is 14.5 Å². The van der Waals surface area contributed by atoms with Gasteiger partial charge in [0.1, 0.15) is 5.69 Å². The molecular weight excluding hydrogens is 508 g/mol. The fourth-order valence-electron chi connectivity index (χ4n) is 3.90. The lowest BCUT2D eigenvalue weighted by molar-refractivity contribution is -0.143. The van der Waals surface area contributed by atoms with E-state index in [1.807, 2.05) is 0 Å². The van der Waals surface area contributed by atoms with Crippen molar-refractivity contribution in [1.29, 1.82) is 0 Å². The Bertz CT molecular complexity index is 1180. The molecule has 2 aromatic carbocycles. The Kier molecular flexibility index (Phi) is 8.94. The van der Waals surface area contributed by atoms with Crippen LogP contribution in [0.25, 0.3) is 16.8 Å². The second-order valence-electron chi connectivity index (χ2n) is 10.1. The van der Waals surface area contributed by atoms with Crippen LogP contribution in [0.1, 0.15) is 62.2 Å². The van der Waals surface area contributed by atoms with Crippen molar-refractivity contribution in [3.63, 3.8) is 0 Å². The molecule has 3 aromatic rings. The van der Waals surface area contributed by atoms with Crippen LogP contribution in [-0.2, 0) is 12.4 Å². The molecule has 0 fully saturated rings. The fraction of sp³-hybridized carbons (Fsp3) is 0.429. The van der Waals surface area contributed by atoms with Crippen LogP contribution in [0.3, 0.4) is 0 Å². The minimum Gasteiger partial charge on any atom is -0.337 e. The molecule has 0 aliphatic heterocycles. The number of aromatic nitrogens is 2. The maximum Gasteiger partial charge on any atom is 0.416 e. The summed E-state index contributed by atoms with van der Waals surface area (Å²) < 4.78 is 81.2. The monoisotopic (exact) mass is 539 g/mol. The van der Waals surface area contributed by atoms with Gasteiger partial charge in [-0.15, -0.1) is 0 Å². The molecule has 0 unspecified atom stereocenters. The summed E-state index contributed by atoms with van der Waals surface area (Å²) in [5.41, 5.74) is -1.97. The Morgan fingerprint density at radius 3 is 1.76 bits per heavy atom. The van der Waals surface area contributed by atoms with Gasteiger partial charge in [0.25, 0.3) is 5.91 Å². The molecule has 1 aromatic heterocycles. The number of rotatable bonds is 9. The van der Waals surface area contributed by atoms with E-state index in [4.69, 9.17) is 0 Å². The van der Waals surface area contributed by atoms with Gasteiger partial charge in [0.05, 0.1) is 23.7 Å². The van der Waals surface area contributed by atoms with Crippen molar-refractivity contribution < 1.29 is 31.1 Å². The lowest BCUT2D eigenvalue weighted by Gasteiger charge is -2.25. The van der Waals surface area contributed by atoms with Gasteiger partial charge < -0.3 is 4.90 Å². The molecule has 0 saturated carbocycles. The number of amides is 1. The van der Waals surface area contributed by atoms with Gasteiger partial charge in [-0.25, -0.2) is 4.98 Å². The third kappa shape index (κ3) is 7.39. The summed E-state index contributed by atoms with van der Waals surface area (Å²) in [6.45, 7) is 9.50. The van der Waals surface area contributed by atoms with Crippen LogP contribution >= 0.6 is 0 Å². The smallest absolute Gasteiger partial charge is 0.337 e. The first-order chi connectivity index (χ1) is 17.7. The molecular formula is C28H31F6N3O. The van der Waals surface area contributed by atoms with Gasteiger partial charge in [0, 0.05) is 18.8 Å². The van der Waals surface area contributed by atoms with E-state index in [1.54, 1.807) is 9.47 Å². The molecule has 0 atom stereocenters. The van der Waals surface area contributed by atoms with Crippen LogP contribution in [0.4, 0.5) is 26.3 Å². The maximum atomic E-state index is 13.4. The number of imidazole rings is 1. The highest BCUT2D eigenvalue weighted by Crippen LogP contribution is 2.38. The minimum absolute atomic E-state index is 0.103. The average Bonchev–Trinajstić information content (AvgIpc) is 3.32.